The van der Waals surface area contributed by atoms with Crippen molar-refractivity contribution in [2.75, 3.05) is 0 Å². The molecule has 5 heteroatoms. The summed E-state index contributed by atoms with van der Waals surface area (Å²) < 4.78 is 0. The summed E-state index contributed by atoms with van der Waals surface area (Å²) in [6, 6.07) is -0.476. The lowest BCUT2D eigenvalue weighted by Crippen LogP contribution is -2.45. The number of carbonyl (C=O) groups is 1. The average molecular weight is 255 g/mol. The highest BCUT2D eigenvalue weighted by atomic mass is 32.1. The first-order valence-corrected chi connectivity index (χ1v) is 6.81. The largest absolute Gasteiger partial charge is 0.346 e. The molecule has 0 saturated carbocycles. The summed E-state index contributed by atoms with van der Waals surface area (Å²) >= 11 is 1.58. The third-order valence-corrected chi connectivity index (χ3v) is 3.76. The molecule has 3 N–H and O–H groups in total. The van der Waals surface area contributed by atoms with E-state index in [0.717, 1.165) is 17.1 Å². The molecule has 1 aromatic rings. The van der Waals surface area contributed by atoms with Crippen LogP contribution in [0.4, 0.5) is 0 Å². The van der Waals surface area contributed by atoms with Crippen LogP contribution in [0.1, 0.15) is 43.9 Å². The van der Waals surface area contributed by atoms with Crippen molar-refractivity contribution < 1.29 is 4.79 Å². The van der Waals surface area contributed by atoms with Gasteiger partial charge in [0, 0.05) is 11.1 Å². The van der Waals surface area contributed by atoms with Gasteiger partial charge in [-0.25, -0.2) is 4.98 Å². The zero-order chi connectivity index (χ0) is 13.0. The number of nitrogens with two attached hydrogens (primary N) is 1. The van der Waals surface area contributed by atoms with E-state index in [-0.39, 0.29) is 17.9 Å². The fraction of sp³-hybridized carbons (Fsp3) is 0.667. The van der Waals surface area contributed by atoms with E-state index in [1.165, 1.54) is 0 Å². The smallest absolute Gasteiger partial charge is 0.237 e. The van der Waals surface area contributed by atoms with Crippen LogP contribution >= 0.6 is 11.3 Å². The van der Waals surface area contributed by atoms with Gasteiger partial charge in [0.05, 0.1) is 12.1 Å². The monoisotopic (exact) mass is 255 g/mol. The van der Waals surface area contributed by atoms with Crippen molar-refractivity contribution >= 4 is 17.2 Å². The molecule has 1 heterocycles. The maximum absolute atomic E-state index is 11.9. The van der Waals surface area contributed by atoms with Crippen LogP contribution < -0.4 is 11.1 Å². The molecular formula is C12H21N3OS. The minimum atomic E-state index is -0.454. The van der Waals surface area contributed by atoms with Crippen molar-refractivity contribution in [3.05, 3.63) is 16.1 Å². The number of hydrogen-bond donors (Lipinski definition) is 2. The second kappa shape index (κ2) is 6.12. The number of thiazole rings is 1. The highest BCUT2D eigenvalue weighted by Crippen LogP contribution is 2.21. The number of nitrogens with zero attached hydrogens (tertiary/aromatic N) is 1. The summed E-state index contributed by atoms with van der Waals surface area (Å²) in [6.07, 6.45) is 0.823. The molecule has 4 nitrogen and oxygen atoms in total. The van der Waals surface area contributed by atoms with E-state index < -0.39 is 6.04 Å². The van der Waals surface area contributed by atoms with Crippen LogP contribution in [0.25, 0.3) is 0 Å². The quantitative estimate of drug-likeness (QED) is 0.845. The summed E-state index contributed by atoms with van der Waals surface area (Å²) in [5, 5.41) is 5.91. The highest BCUT2D eigenvalue weighted by molar-refractivity contribution is 7.09. The van der Waals surface area contributed by atoms with Gasteiger partial charge in [0.25, 0.3) is 0 Å². The summed E-state index contributed by atoms with van der Waals surface area (Å²) in [5.74, 6) is 0.0465. The Hall–Kier alpha value is -0.940. The third kappa shape index (κ3) is 3.78. The fourth-order valence-corrected chi connectivity index (χ4v) is 2.37. The number of rotatable bonds is 5. The van der Waals surface area contributed by atoms with Gasteiger partial charge in [-0.15, -0.1) is 11.3 Å². The molecule has 0 bridgehead atoms. The molecule has 2 atom stereocenters. The van der Waals surface area contributed by atoms with Crippen molar-refractivity contribution in [1.82, 2.24) is 10.3 Å². The van der Waals surface area contributed by atoms with Gasteiger partial charge in [-0.3, -0.25) is 4.79 Å². The lowest BCUT2D eigenvalue weighted by atomic mass is 10.0. The molecule has 1 amide bonds. The third-order valence-electron chi connectivity index (χ3n) is 2.68. The molecular weight excluding hydrogens is 234 g/mol. The predicted octanol–water partition coefficient (Wildman–Crippen LogP) is 2.00. The molecule has 0 aliphatic carbocycles. The SMILES string of the molecule is CCC(NC(=O)[C@@H](N)C(C)C)c1nc(C)cs1. The Kier molecular flexibility index (Phi) is 5.08. The normalized spacial score (nSPS) is 14.7. The minimum absolute atomic E-state index is 0.0222. The van der Waals surface area contributed by atoms with Gasteiger partial charge in [-0.2, -0.15) is 0 Å². The molecule has 0 spiro atoms. The van der Waals surface area contributed by atoms with Gasteiger partial charge in [-0.1, -0.05) is 20.8 Å². The topological polar surface area (TPSA) is 68.0 Å². The second-order valence-electron chi connectivity index (χ2n) is 4.57. The average Bonchev–Trinajstić information content (AvgIpc) is 2.70. The molecule has 96 valence electrons. The molecule has 0 aliphatic rings. The molecule has 0 aliphatic heterocycles. The van der Waals surface area contributed by atoms with E-state index in [0.29, 0.717) is 0 Å². The van der Waals surface area contributed by atoms with Gasteiger partial charge in [0.15, 0.2) is 0 Å². The summed E-state index contributed by atoms with van der Waals surface area (Å²) in [5.41, 5.74) is 6.81. The molecule has 0 aromatic carbocycles. The molecule has 1 aromatic heterocycles. The number of carbonyl (C=O) groups excluding carboxylic acids is 1. The Bertz CT molecular complexity index is 376. The molecule has 1 unspecified atom stereocenters. The summed E-state index contributed by atoms with van der Waals surface area (Å²) in [7, 11) is 0. The van der Waals surface area contributed by atoms with Crippen molar-refractivity contribution in [2.24, 2.45) is 11.7 Å². The minimum Gasteiger partial charge on any atom is -0.346 e. The first-order chi connectivity index (χ1) is 7.95. The Morgan fingerprint density at radius 1 is 1.59 bits per heavy atom. The van der Waals surface area contributed by atoms with Crippen molar-refractivity contribution in [3.63, 3.8) is 0 Å². The fourth-order valence-electron chi connectivity index (χ4n) is 1.44. The van der Waals surface area contributed by atoms with Gasteiger partial charge in [0.2, 0.25) is 5.91 Å². The van der Waals surface area contributed by atoms with E-state index in [2.05, 4.69) is 10.3 Å². The molecule has 0 saturated heterocycles. The van der Waals surface area contributed by atoms with Crippen LogP contribution in [0.15, 0.2) is 5.38 Å². The maximum atomic E-state index is 11.9. The lowest BCUT2D eigenvalue weighted by Gasteiger charge is -2.20. The van der Waals surface area contributed by atoms with Crippen LogP contribution in [-0.2, 0) is 4.79 Å². The number of amides is 1. The Balaban J connectivity index is 2.68. The van der Waals surface area contributed by atoms with Gasteiger partial charge < -0.3 is 11.1 Å². The second-order valence-corrected chi connectivity index (χ2v) is 5.46. The summed E-state index contributed by atoms with van der Waals surface area (Å²) in [4.78, 5) is 16.3. The van der Waals surface area contributed by atoms with Crippen LogP contribution in [0.3, 0.4) is 0 Å². The van der Waals surface area contributed by atoms with Crippen molar-refractivity contribution in [3.8, 4) is 0 Å². The van der Waals surface area contributed by atoms with E-state index in [1.54, 1.807) is 11.3 Å². The lowest BCUT2D eigenvalue weighted by molar-refractivity contribution is -0.124. The van der Waals surface area contributed by atoms with Crippen LogP contribution in [0, 0.1) is 12.8 Å². The van der Waals surface area contributed by atoms with E-state index in [1.807, 2.05) is 33.1 Å². The van der Waals surface area contributed by atoms with Crippen molar-refractivity contribution in [2.45, 2.75) is 46.2 Å². The standard InChI is InChI=1S/C12H21N3OS/c1-5-9(12-14-8(4)6-17-12)15-11(16)10(13)7(2)3/h6-7,9-10H,5,13H2,1-4H3,(H,15,16)/t9?,10-/m0/s1. The van der Waals surface area contributed by atoms with Gasteiger partial charge in [0.1, 0.15) is 5.01 Å². The molecule has 17 heavy (non-hydrogen) atoms. The number of aryl methyl sites for hydroxylation is 1. The predicted molar refractivity (Wildman–Crippen MR) is 70.8 cm³/mol. The van der Waals surface area contributed by atoms with E-state index in [9.17, 15) is 4.79 Å². The van der Waals surface area contributed by atoms with E-state index >= 15 is 0 Å². The number of hydrogen-bond acceptors (Lipinski definition) is 4. The van der Waals surface area contributed by atoms with Crippen LogP contribution in [-0.4, -0.2) is 16.9 Å². The maximum Gasteiger partial charge on any atom is 0.237 e. The Labute approximate surface area is 107 Å². The molecule has 1 rings (SSSR count). The van der Waals surface area contributed by atoms with Crippen molar-refractivity contribution in [1.29, 1.82) is 0 Å². The Morgan fingerprint density at radius 2 is 2.24 bits per heavy atom. The zero-order valence-corrected chi connectivity index (χ0v) is 11.7. The first kappa shape index (κ1) is 14.1. The molecule has 0 fully saturated rings. The summed E-state index contributed by atoms with van der Waals surface area (Å²) in [6.45, 7) is 7.87. The Morgan fingerprint density at radius 3 is 2.65 bits per heavy atom. The van der Waals surface area contributed by atoms with Crippen LogP contribution in [0.2, 0.25) is 0 Å². The van der Waals surface area contributed by atoms with E-state index in [4.69, 9.17) is 5.73 Å². The van der Waals surface area contributed by atoms with Gasteiger partial charge in [-0.05, 0) is 19.3 Å². The number of aromatic nitrogens is 1. The van der Waals surface area contributed by atoms with Crippen LogP contribution in [0.5, 0.6) is 0 Å². The first-order valence-electron chi connectivity index (χ1n) is 5.93. The van der Waals surface area contributed by atoms with Gasteiger partial charge >= 0.3 is 0 Å². The number of nitrogens with one attached hydrogen (secondary N) is 1. The highest BCUT2D eigenvalue weighted by Gasteiger charge is 2.22. The molecule has 0 radical (unpaired) electrons. The zero-order valence-electron chi connectivity index (χ0n) is 10.9.